The number of carbonyl (C=O) groups is 2. The standard InChI is InChI=1S/C23H23F3N4O2/c1-29-18-7-3-2-6-17(18)19(15-8-10-16(11-9-15)23(24,25)26)28-20(21(29)32)30(14-31)22(27)12-4-5-13-22/h2-3,6-11,14,20H,4-5,12-13,27H2,1H3. The van der Waals surface area contributed by atoms with E-state index < -0.39 is 29.5 Å². The highest BCUT2D eigenvalue weighted by Gasteiger charge is 2.44. The van der Waals surface area contributed by atoms with Crippen molar-refractivity contribution >= 4 is 23.7 Å². The van der Waals surface area contributed by atoms with E-state index in [1.165, 1.54) is 21.9 Å². The monoisotopic (exact) mass is 444 g/mol. The predicted molar refractivity (Wildman–Crippen MR) is 114 cm³/mol. The Bertz CT molecular complexity index is 1060. The van der Waals surface area contributed by atoms with Gasteiger partial charge in [-0.2, -0.15) is 13.2 Å². The van der Waals surface area contributed by atoms with Crippen molar-refractivity contribution in [3.05, 3.63) is 65.2 Å². The first-order valence-corrected chi connectivity index (χ1v) is 10.3. The van der Waals surface area contributed by atoms with E-state index in [2.05, 4.69) is 4.99 Å². The lowest BCUT2D eigenvalue weighted by molar-refractivity contribution is -0.137. The minimum atomic E-state index is -4.47. The summed E-state index contributed by atoms with van der Waals surface area (Å²) in [6, 6.07) is 11.6. The molecule has 0 aromatic heterocycles. The Morgan fingerprint density at radius 1 is 1.12 bits per heavy atom. The van der Waals surface area contributed by atoms with E-state index in [1.807, 2.05) is 0 Å². The minimum Gasteiger partial charge on any atom is -0.311 e. The Hall–Kier alpha value is -3.20. The van der Waals surface area contributed by atoms with Crippen LogP contribution in [0, 0.1) is 0 Å². The second-order valence-electron chi connectivity index (χ2n) is 8.16. The van der Waals surface area contributed by atoms with Crippen LogP contribution < -0.4 is 10.6 Å². The van der Waals surface area contributed by atoms with Crippen molar-refractivity contribution < 1.29 is 22.8 Å². The first-order chi connectivity index (χ1) is 15.2. The molecule has 2 aromatic carbocycles. The summed E-state index contributed by atoms with van der Waals surface area (Å²) in [7, 11) is 1.58. The molecule has 1 unspecified atom stereocenters. The fourth-order valence-electron chi connectivity index (χ4n) is 4.39. The van der Waals surface area contributed by atoms with Gasteiger partial charge in [-0.3, -0.25) is 14.5 Å². The molecule has 2 N–H and O–H groups in total. The number of alkyl halides is 3. The summed E-state index contributed by atoms with van der Waals surface area (Å²) in [6.45, 7) is 0. The molecule has 9 heteroatoms. The maximum Gasteiger partial charge on any atom is 0.416 e. The molecule has 4 rings (SSSR count). The number of carbonyl (C=O) groups excluding carboxylic acids is 2. The summed E-state index contributed by atoms with van der Waals surface area (Å²) in [5.74, 6) is -0.441. The van der Waals surface area contributed by atoms with E-state index in [-0.39, 0.29) is 0 Å². The topological polar surface area (TPSA) is 79.0 Å². The van der Waals surface area contributed by atoms with Crippen molar-refractivity contribution in [2.24, 2.45) is 10.7 Å². The fourth-order valence-corrected chi connectivity index (χ4v) is 4.39. The number of para-hydroxylation sites is 1. The molecule has 6 nitrogen and oxygen atoms in total. The van der Waals surface area contributed by atoms with Crippen LogP contribution in [0.5, 0.6) is 0 Å². The first kappa shape index (κ1) is 22.0. The molecule has 1 aliphatic carbocycles. The number of benzene rings is 2. The molecule has 168 valence electrons. The molecule has 0 bridgehead atoms. The number of anilines is 1. The number of aliphatic imine (C=N–C) groups is 1. The number of rotatable bonds is 4. The van der Waals surface area contributed by atoms with E-state index in [0.717, 1.165) is 25.0 Å². The van der Waals surface area contributed by atoms with E-state index >= 15 is 0 Å². The molecule has 32 heavy (non-hydrogen) atoms. The lowest BCUT2D eigenvalue weighted by atomic mass is 9.99. The maximum absolute atomic E-state index is 13.4. The van der Waals surface area contributed by atoms with Crippen molar-refractivity contribution in [3.63, 3.8) is 0 Å². The predicted octanol–water partition coefficient (Wildman–Crippen LogP) is 3.53. The number of hydrogen-bond acceptors (Lipinski definition) is 4. The molecular formula is C23H23F3N4O2. The molecule has 1 aliphatic heterocycles. The molecule has 2 aliphatic rings. The largest absolute Gasteiger partial charge is 0.416 e. The zero-order chi connectivity index (χ0) is 23.1. The third kappa shape index (κ3) is 3.77. The second-order valence-corrected chi connectivity index (χ2v) is 8.16. The van der Waals surface area contributed by atoms with Gasteiger partial charge in [0, 0.05) is 18.2 Å². The molecule has 1 heterocycles. The van der Waals surface area contributed by atoms with Crippen molar-refractivity contribution in [2.75, 3.05) is 11.9 Å². The second kappa shape index (κ2) is 8.05. The van der Waals surface area contributed by atoms with E-state index in [1.54, 1.807) is 31.3 Å². The van der Waals surface area contributed by atoms with Crippen molar-refractivity contribution in [1.29, 1.82) is 0 Å². The quantitative estimate of drug-likeness (QED) is 0.579. The Kier molecular flexibility index (Phi) is 5.54. The molecule has 1 fully saturated rings. The SMILES string of the molecule is CN1C(=O)C(N(C=O)C2(N)CCCC2)N=C(c2ccc(C(F)(F)F)cc2)c2ccccc21. The lowest BCUT2D eigenvalue weighted by Crippen LogP contribution is -2.60. The Morgan fingerprint density at radius 3 is 2.34 bits per heavy atom. The average Bonchev–Trinajstić information content (AvgIpc) is 3.18. The van der Waals surface area contributed by atoms with Crippen LogP contribution in [-0.2, 0) is 15.8 Å². The van der Waals surface area contributed by atoms with Gasteiger partial charge in [-0.25, -0.2) is 4.99 Å². The molecule has 1 atom stereocenters. The molecule has 2 aromatic rings. The van der Waals surface area contributed by atoms with Gasteiger partial charge in [-0.05, 0) is 43.9 Å². The van der Waals surface area contributed by atoms with Gasteiger partial charge < -0.3 is 10.6 Å². The molecule has 1 saturated carbocycles. The van der Waals surface area contributed by atoms with E-state index in [9.17, 15) is 22.8 Å². The van der Waals surface area contributed by atoms with E-state index in [0.29, 0.717) is 41.8 Å². The van der Waals surface area contributed by atoms with Gasteiger partial charge in [0.1, 0.15) is 0 Å². The van der Waals surface area contributed by atoms with Crippen LogP contribution in [0.1, 0.15) is 42.4 Å². The van der Waals surface area contributed by atoms with Crippen LogP contribution >= 0.6 is 0 Å². The van der Waals surface area contributed by atoms with Crippen molar-refractivity contribution in [3.8, 4) is 0 Å². The number of halogens is 3. The Labute approximate surface area is 183 Å². The fraction of sp³-hybridized carbons (Fsp3) is 0.348. The number of likely N-dealkylation sites (N-methyl/N-ethyl adjacent to an activating group) is 1. The maximum atomic E-state index is 13.4. The summed E-state index contributed by atoms with van der Waals surface area (Å²) < 4.78 is 39.2. The van der Waals surface area contributed by atoms with Gasteiger partial charge in [0.05, 0.1) is 22.6 Å². The average molecular weight is 444 g/mol. The highest BCUT2D eigenvalue weighted by atomic mass is 19.4. The van der Waals surface area contributed by atoms with Crippen LogP contribution in [0.3, 0.4) is 0 Å². The summed E-state index contributed by atoms with van der Waals surface area (Å²) in [5, 5.41) is 0. The normalized spacial score (nSPS) is 20.4. The number of fused-ring (bicyclic) bond motifs is 1. The van der Waals surface area contributed by atoms with Gasteiger partial charge in [0.2, 0.25) is 12.6 Å². The van der Waals surface area contributed by atoms with Crippen LogP contribution in [0.4, 0.5) is 18.9 Å². The zero-order valence-electron chi connectivity index (χ0n) is 17.5. The van der Waals surface area contributed by atoms with Gasteiger partial charge in [0.25, 0.3) is 5.91 Å². The van der Waals surface area contributed by atoms with Crippen LogP contribution in [0.15, 0.2) is 53.5 Å². The highest BCUT2D eigenvalue weighted by Crippen LogP contribution is 2.35. The third-order valence-corrected chi connectivity index (χ3v) is 6.17. The third-order valence-electron chi connectivity index (χ3n) is 6.17. The van der Waals surface area contributed by atoms with Crippen molar-refractivity contribution in [2.45, 2.75) is 43.7 Å². The smallest absolute Gasteiger partial charge is 0.311 e. The Morgan fingerprint density at radius 2 is 1.75 bits per heavy atom. The van der Waals surface area contributed by atoms with Gasteiger partial charge >= 0.3 is 6.18 Å². The van der Waals surface area contributed by atoms with Crippen molar-refractivity contribution in [1.82, 2.24) is 4.90 Å². The molecular weight excluding hydrogens is 421 g/mol. The van der Waals surface area contributed by atoms with Crippen LogP contribution in [0.25, 0.3) is 0 Å². The highest BCUT2D eigenvalue weighted by molar-refractivity contribution is 6.20. The zero-order valence-corrected chi connectivity index (χ0v) is 17.5. The summed E-state index contributed by atoms with van der Waals surface area (Å²) in [4.78, 5) is 32.8. The van der Waals surface area contributed by atoms with Crippen LogP contribution in [0.2, 0.25) is 0 Å². The number of nitrogens with zero attached hydrogens (tertiary/aromatic N) is 3. The molecule has 0 spiro atoms. The number of benzodiazepines with no additional fused rings is 1. The summed E-state index contributed by atoms with van der Waals surface area (Å²) >= 11 is 0. The number of hydrogen-bond donors (Lipinski definition) is 1. The van der Waals surface area contributed by atoms with Gasteiger partial charge in [0.15, 0.2) is 0 Å². The Balaban J connectivity index is 1.87. The summed E-state index contributed by atoms with van der Waals surface area (Å²) in [6.07, 6.45) is -2.42. The molecule has 2 amide bonds. The number of amides is 2. The van der Waals surface area contributed by atoms with Gasteiger partial charge in [-0.1, -0.05) is 30.3 Å². The summed E-state index contributed by atoms with van der Waals surface area (Å²) in [5.41, 5.74) is 6.55. The molecule has 0 radical (unpaired) electrons. The van der Waals surface area contributed by atoms with E-state index in [4.69, 9.17) is 5.73 Å². The lowest BCUT2D eigenvalue weighted by Gasteiger charge is -2.39. The van der Waals surface area contributed by atoms with Crippen LogP contribution in [-0.4, -0.2) is 41.8 Å². The molecule has 0 saturated heterocycles. The van der Waals surface area contributed by atoms with Gasteiger partial charge in [-0.15, -0.1) is 0 Å². The number of nitrogens with two attached hydrogens (primary N) is 1. The first-order valence-electron chi connectivity index (χ1n) is 10.3. The minimum absolute atomic E-state index is 0.325.